The number of thiol groups is 1. The van der Waals surface area contributed by atoms with E-state index in [2.05, 4.69) is 17.6 Å². The van der Waals surface area contributed by atoms with Crippen molar-refractivity contribution in [1.29, 1.82) is 0 Å². The van der Waals surface area contributed by atoms with Gasteiger partial charge in [-0.3, -0.25) is 0 Å². The maximum Gasteiger partial charge on any atom is 0.131 e. The molecule has 0 aliphatic heterocycles. The number of rotatable bonds is 4. The smallest absolute Gasteiger partial charge is 0.131 e. The molecular formula is C9H13ClN2O2S. The van der Waals surface area contributed by atoms with Gasteiger partial charge in [0.05, 0.1) is 6.10 Å². The summed E-state index contributed by atoms with van der Waals surface area (Å²) in [6.07, 6.45) is -0.203. The second-order valence-electron chi connectivity index (χ2n) is 3.16. The normalized spacial score (nSPS) is 14.9. The number of pyridine rings is 1. The number of hydrogen-bond acceptors (Lipinski definition) is 5. The molecule has 0 bridgehead atoms. The minimum Gasteiger partial charge on any atom is -0.398 e. The zero-order chi connectivity index (χ0) is 11.4. The van der Waals surface area contributed by atoms with Gasteiger partial charge in [0.25, 0.3) is 0 Å². The molecule has 0 aromatic carbocycles. The van der Waals surface area contributed by atoms with Gasteiger partial charge in [0.1, 0.15) is 11.3 Å². The summed E-state index contributed by atoms with van der Waals surface area (Å²) in [6.45, 7) is 0. The lowest BCUT2D eigenvalue weighted by Gasteiger charge is -2.18. The maximum absolute atomic E-state index is 9.74. The van der Waals surface area contributed by atoms with Crippen LogP contribution in [0.2, 0.25) is 5.15 Å². The summed E-state index contributed by atoms with van der Waals surface area (Å²) in [7, 11) is 0. The lowest BCUT2D eigenvalue weighted by molar-refractivity contribution is 0.0175. The summed E-state index contributed by atoms with van der Waals surface area (Å²) < 4.78 is 0. The van der Waals surface area contributed by atoms with Gasteiger partial charge in [-0.05, 0) is 18.2 Å². The van der Waals surface area contributed by atoms with Crippen LogP contribution < -0.4 is 5.73 Å². The summed E-state index contributed by atoms with van der Waals surface area (Å²) in [5, 5.41) is 19.6. The van der Waals surface area contributed by atoms with Crippen LogP contribution in [0.4, 0.5) is 5.69 Å². The van der Waals surface area contributed by atoms with Crippen LogP contribution in [0, 0.1) is 0 Å². The van der Waals surface area contributed by atoms with Crippen LogP contribution in [-0.2, 0) is 0 Å². The molecule has 0 spiro atoms. The second kappa shape index (κ2) is 5.55. The molecule has 2 atom stereocenters. The first-order valence-electron chi connectivity index (χ1n) is 4.44. The van der Waals surface area contributed by atoms with Gasteiger partial charge in [0, 0.05) is 17.4 Å². The summed E-state index contributed by atoms with van der Waals surface area (Å²) in [4.78, 5) is 3.80. The average molecular weight is 249 g/mol. The van der Waals surface area contributed by atoms with E-state index in [9.17, 15) is 10.2 Å². The van der Waals surface area contributed by atoms with Crippen molar-refractivity contribution in [3.05, 3.63) is 23.0 Å². The minimum absolute atomic E-state index is 0.257. The van der Waals surface area contributed by atoms with E-state index in [0.29, 0.717) is 23.4 Å². The third-order valence-corrected chi connectivity index (χ3v) is 2.51. The highest BCUT2D eigenvalue weighted by molar-refractivity contribution is 7.80. The summed E-state index contributed by atoms with van der Waals surface area (Å²) in [6, 6.07) is 1.44. The fourth-order valence-corrected chi connectivity index (χ4v) is 1.63. The molecular weight excluding hydrogens is 236 g/mol. The van der Waals surface area contributed by atoms with Gasteiger partial charge < -0.3 is 15.9 Å². The molecule has 0 fully saturated rings. The molecule has 4 N–H and O–H groups in total. The van der Waals surface area contributed by atoms with Crippen molar-refractivity contribution in [2.75, 3.05) is 11.5 Å². The molecule has 0 saturated carbocycles. The van der Waals surface area contributed by atoms with Crippen LogP contribution in [0.1, 0.15) is 18.1 Å². The van der Waals surface area contributed by atoms with E-state index in [1.54, 1.807) is 0 Å². The quantitative estimate of drug-likeness (QED) is 0.474. The highest BCUT2D eigenvalue weighted by Crippen LogP contribution is 2.25. The fraction of sp³-hybridized carbons (Fsp3) is 0.444. The molecule has 1 heterocycles. The molecule has 6 heteroatoms. The molecule has 1 aromatic heterocycles. The number of aliphatic hydroxyl groups is 2. The first-order chi connectivity index (χ1) is 7.06. The maximum atomic E-state index is 9.74. The number of aromatic nitrogens is 1. The summed E-state index contributed by atoms with van der Waals surface area (Å²) in [5.74, 6) is 0.485. The Hall–Kier alpha value is -0.490. The molecule has 0 saturated heterocycles. The van der Waals surface area contributed by atoms with E-state index in [1.807, 2.05) is 0 Å². The number of aliphatic hydroxyl groups excluding tert-OH is 2. The highest BCUT2D eigenvalue weighted by atomic mass is 35.5. The zero-order valence-corrected chi connectivity index (χ0v) is 9.62. The van der Waals surface area contributed by atoms with Gasteiger partial charge in [-0.15, -0.1) is 0 Å². The first kappa shape index (κ1) is 12.6. The monoisotopic (exact) mass is 248 g/mol. The van der Waals surface area contributed by atoms with Crippen LogP contribution in [0.5, 0.6) is 0 Å². The number of nitrogens with zero attached hydrogens (tertiary/aromatic N) is 1. The molecule has 0 radical (unpaired) electrons. The number of nitrogen functional groups attached to an aromatic ring is 1. The van der Waals surface area contributed by atoms with Crippen molar-refractivity contribution in [2.24, 2.45) is 0 Å². The van der Waals surface area contributed by atoms with Crippen molar-refractivity contribution < 1.29 is 10.2 Å². The van der Waals surface area contributed by atoms with Crippen LogP contribution in [0.15, 0.2) is 12.3 Å². The molecule has 1 rings (SSSR count). The Labute approximate surface area is 98.5 Å². The minimum atomic E-state index is -1.05. The topological polar surface area (TPSA) is 79.4 Å². The third-order valence-electron chi connectivity index (χ3n) is 2.04. The number of hydrogen-bond donors (Lipinski definition) is 4. The Balaban J connectivity index is 2.86. The molecule has 15 heavy (non-hydrogen) atoms. The molecule has 0 aliphatic rings. The number of nitrogens with two attached hydrogens (primary N) is 1. The van der Waals surface area contributed by atoms with Crippen molar-refractivity contribution in [2.45, 2.75) is 18.6 Å². The third kappa shape index (κ3) is 3.24. The largest absolute Gasteiger partial charge is 0.398 e. The van der Waals surface area contributed by atoms with Gasteiger partial charge in [-0.1, -0.05) is 11.6 Å². The van der Waals surface area contributed by atoms with Crippen molar-refractivity contribution >= 4 is 29.9 Å². The lowest BCUT2D eigenvalue weighted by Crippen LogP contribution is -2.20. The van der Waals surface area contributed by atoms with Gasteiger partial charge >= 0.3 is 0 Å². The van der Waals surface area contributed by atoms with Crippen LogP contribution in [-0.4, -0.2) is 27.1 Å². The van der Waals surface area contributed by atoms with Gasteiger partial charge in [0.2, 0.25) is 0 Å². The van der Waals surface area contributed by atoms with E-state index in [0.717, 1.165) is 0 Å². The fourth-order valence-electron chi connectivity index (χ4n) is 1.20. The molecule has 0 aliphatic carbocycles. The van der Waals surface area contributed by atoms with Crippen LogP contribution in [0.3, 0.4) is 0 Å². The Morgan fingerprint density at radius 3 is 2.73 bits per heavy atom. The van der Waals surface area contributed by atoms with Gasteiger partial charge in [-0.25, -0.2) is 4.98 Å². The van der Waals surface area contributed by atoms with Crippen molar-refractivity contribution in [3.8, 4) is 0 Å². The predicted molar refractivity (Wildman–Crippen MR) is 63.1 cm³/mol. The summed E-state index contributed by atoms with van der Waals surface area (Å²) in [5.41, 5.74) is 6.34. The first-order valence-corrected chi connectivity index (χ1v) is 5.45. The lowest BCUT2D eigenvalue weighted by atomic mass is 10.0. The number of anilines is 1. The van der Waals surface area contributed by atoms with Crippen LogP contribution >= 0.6 is 24.2 Å². The SMILES string of the molecule is Nc1cc(Cl)ncc1C(O)C(O)CCS. The molecule has 2 unspecified atom stereocenters. The van der Waals surface area contributed by atoms with E-state index in [-0.39, 0.29) is 5.15 Å². The summed E-state index contributed by atoms with van der Waals surface area (Å²) >= 11 is 9.59. The van der Waals surface area contributed by atoms with E-state index < -0.39 is 12.2 Å². The van der Waals surface area contributed by atoms with Crippen LogP contribution in [0.25, 0.3) is 0 Å². The molecule has 0 amide bonds. The van der Waals surface area contributed by atoms with Crippen molar-refractivity contribution in [1.82, 2.24) is 4.98 Å². The van der Waals surface area contributed by atoms with Crippen molar-refractivity contribution in [3.63, 3.8) is 0 Å². The Morgan fingerprint density at radius 2 is 2.20 bits per heavy atom. The van der Waals surface area contributed by atoms with Gasteiger partial charge in [-0.2, -0.15) is 12.6 Å². The Bertz CT molecular complexity index is 338. The Kier molecular flexibility index (Phi) is 4.66. The number of halogens is 1. The zero-order valence-electron chi connectivity index (χ0n) is 7.97. The molecule has 4 nitrogen and oxygen atoms in total. The van der Waals surface area contributed by atoms with E-state index >= 15 is 0 Å². The highest BCUT2D eigenvalue weighted by Gasteiger charge is 2.20. The molecule has 84 valence electrons. The Morgan fingerprint density at radius 1 is 1.53 bits per heavy atom. The predicted octanol–water partition coefficient (Wildman–Crippen LogP) is 1.03. The molecule has 1 aromatic rings. The second-order valence-corrected chi connectivity index (χ2v) is 3.99. The standard InChI is InChI=1S/C9H13ClN2O2S/c10-8-3-6(11)5(4-12-8)9(14)7(13)1-2-15/h3-4,7,9,13-15H,1-2H2,(H2,11,12). The van der Waals surface area contributed by atoms with E-state index in [1.165, 1.54) is 12.3 Å². The average Bonchev–Trinajstić information content (AvgIpc) is 2.17. The van der Waals surface area contributed by atoms with Gasteiger partial charge in [0.15, 0.2) is 0 Å². The van der Waals surface area contributed by atoms with E-state index in [4.69, 9.17) is 17.3 Å².